The van der Waals surface area contributed by atoms with E-state index in [1.165, 1.54) is 18.2 Å². The van der Waals surface area contributed by atoms with Crippen molar-refractivity contribution < 1.29 is 14.3 Å². The minimum absolute atomic E-state index is 0.0348. The molecule has 0 aliphatic carbocycles. The zero-order valence-corrected chi connectivity index (χ0v) is 13.2. The summed E-state index contributed by atoms with van der Waals surface area (Å²) >= 11 is 0. The third-order valence-electron chi connectivity index (χ3n) is 4.03. The van der Waals surface area contributed by atoms with Gasteiger partial charge in [0.15, 0.2) is 0 Å². The van der Waals surface area contributed by atoms with Gasteiger partial charge < -0.3 is 5.11 Å². The van der Waals surface area contributed by atoms with Crippen molar-refractivity contribution in [3.63, 3.8) is 0 Å². The summed E-state index contributed by atoms with van der Waals surface area (Å²) < 4.78 is 14.3. The second-order valence-corrected chi connectivity index (χ2v) is 5.64. The lowest BCUT2D eigenvalue weighted by Crippen LogP contribution is -2.18. The number of aryl methyl sites for hydroxylation is 1. The number of nitrogens with zero attached hydrogens (tertiary/aromatic N) is 4. The number of rotatable bonds is 4. The maximum atomic E-state index is 14.3. The molecule has 1 heterocycles. The monoisotopic (exact) mass is 326 g/mol. The van der Waals surface area contributed by atoms with Gasteiger partial charge in [0.05, 0.1) is 5.56 Å². The molecule has 2 aromatic carbocycles. The molecule has 0 unspecified atom stereocenters. The van der Waals surface area contributed by atoms with Crippen LogP contribution in [0.15, 0.2) is 57.1 Å². The predicted octanol–water partition coefficient (Wildman–Crippen LogP) is 4.90. The summed E-state index contributed by atoms with van der Waals surface area (Å²) in [5.41, 5.74) is 1.06. The molecule has 1 aliphatic heterocycles. The highest BCUT2D eigenvalue weighted by molar-refractivity contribution is 5.90. The fourth-order valence-corrected chi connectivity index (χ4v) is 2.66. The van der Waals surface area contributed by atoms with Crippen LogP contribution in [0.4, 0.5) is 4.39 Å². The molecular weight excluding hydrogens is 311 g/mol. The van der Waals surface area contributed by atoms with Crippen LogP contribution < -0.4 is 0 Å². The number of hydrogen-bond donors (Lipinski definition) is 1. The lowest BCUT2D eigenvalue weighted by atomic mass is 9.91. The van der Waals surface area contributed by atoms with Crippen LogP contribution in [-0.4, -0.2) is 11.1 Å². The molecule has 24 heavy (non-hydrogen) atoms. The molecule has 2 aromatic rings. The number of aromatic carboxylic acids is 1. The Morgan fingerprint density at radius 2 is 1.88 bits per heavy atom. The normalized spacial score (nSPS) is 15.0. The molecule has 0 aromatic heterocycles. The third kappa shape index (κ3) is 2.68. The molecule has 0 spiro atoms. The number of hydrogen-bond acceptors (Lipinski definition) is 5. The summed E-state index contributed by atoms with van der Waals surface area (Å²) in [6, 6.07) is 9.42. The van der Waals surface area contributed by atoms with Gasteiger partial charge in [-0.25, -0.2) is 9.18 Å². The average molecular weight is 326 g/mol. The van der Waals surface area contributed by atoms with E-state index in [0.717, 1.165) is 5.56 Å². The van der Waals surface area contributed by atoms with Crippen molar-refractivity contribution in [1.29, 1.82) is 0 Å². The molecule has 0 amide bonds. The summed E-state index contributed by atoms with van der Waals surface area (Å²) in [7, 11) is 0. The Balaban J connectivity index is 2.22. The molecule has 0 saturated heterocycles. The average Bonchev–Trinajstić information content (AvgIpc) is 3.04. The van der Waals surface area contributed by atoms with Gasteiger partial charge in [-0.3, -0.25) is 0 Å². The fraction of sp³-hybridized carbons (Fsp3) is 0.235. The van der Waals surface area contributed by atoms with E-state index in [2.05, 4.69) is 20.7 Å². The first kappa shape index (κ1) is 15.9. The highest BCUT2D eigenvalue weighted by atomic mass is 19.1. The minimum atomic E-state index is -1.11. The first-order chi connectivity index (χ1) is 11.4. The number of carboxylic acid groups (broad SMARTS) is 1. The Kier molecular flexibility index (Phi) is 3.92. The first-order valence-electron chi connectivity index (χ1n) is 7.44. The van der Waals surface area contributed by atoms with E-state index in [-0.39, 0.29) is 5.56 Å². The van der Waals surface area contributed by atoms with E-state index in [1.807, 2.05) is 6.92 Å². The van der Waals surface area contributed by atoms with Gasteiger partial charge in [0.1, 0.15) is 5.82 Å². The van der Waals surface area contributed by atoms with E-state index >= 15 is 0 Å². The van der Waals surface area contributed by atoms with E-state index in [0.29, 0.717) is 23.1 Å². The fourth-order valence-electron chi connectivity index (χ4n) is 2.66. The Hall–Kier alpha value is -2.96. The molecule has 3 rings (SSSR count). The molecule has 0 bridgehead atoms. The van der Waals surface area contributed by atoms with Crippen LogP contribution in [0.3, 0.4) is 0 Å². The van der Waals surface area contributed by atoms with Crippen molar-refractivity contribution >= 4 is 5.97 Å². The van der Waals surface area contributed by atoms with Gasteiger partial charge in [-0.15, -0.1) is 10.2 Å². The van der Waals surface area contributed by atoms with E-state index in [1.54, 1.807) is 25.1 Å². The quantitative estimate of drug-likeness (QED) is 0.866. The van der Waals surface area contributed by atoms with Gasteiger partial charge in [-0.05, 0) is 59.2 Å². The second-order valence-electron chi connectivity index (χ2n) is 5.64. The zero-order chi connectivity index (χ0) is 17.3. The second kappa shape index (κ2) is 5.92. The third-order valence-corrected chi connectivity index (χ3v) is 4.03. The molecule has 0 fully saturated rings. The van der Waals surface area contributed by atoms with E-state index < -0.39 is 17.4 Å². The highest BCUT2D eigenvalue weighted by Crippen LogP contribution is 2.38. The Morgan fingerprint density at radius 3 is 2.46 bits per heavy atom. The first-order valence-corrected chi connectivity index (χ1v) is 7.44. The number of halogens is 1. The van der Waals surface area contributed by atoms with Crippen molar-refractivity contribution in [2.24, 2.45) is 20.7 Å². The molecule has 6 nitrogen and oxygen atoms in total. The SMILES string of the molecule is CCC1(c2cc(C(=O)O)cc(-c3ccc(C)cc3F)c2)N=NN=N1. The summed E-state index contributed by atoms with van der Waals surface area (Å²) in [6.45, 7) is 3.64. The molecule has 0 saturated carbocycles. The van der Waals surface area contributed by atoms with Gasteiger partial charge in [-0.2, -0.15) is 0 Å². The van der Waals surface area contributed by atoms with Crippen molar-refractivity contribution in [3.05, 3.63) is 58.9 Å². The highest BCUT2D eigenvalue weighted by Gasteiger charge is 2.34. The van der Waals surface area contributed by atoms with Gasteiger partial charge in [0.2, 0.25) is 5.66 Å². The number of carbonyl (C=O) groups is 1. The minimum Gasteiger partial charge on any atom is -0.478 e. The van der Waals surface area contributed by atoms with Gasteiger partial charge in [0.25, 0.3) is 0 Å². The standard InChI is InChI=1S/C17H15FN4O2/c1-3-17(19-21-22-20-17)13-8-11(7-12(9-13)16(23)24)14-5-4-10(2)6-15(14)18/h4-9H,3H2,1-2H3,(H,23,24). The van der Waals surface area contributed by atoms with Crippen molar-refractivity contribution in [2.45, 2.75) is 25.9 Å². The lowest BCUT2D eigenvalue weighted by molar-refractivity contribution is 0.0696. The van der Waals surface area contributed by atoms with Crippen LogP contribution in [0, 0.1) is 12.7 Å². The largest absolute Gasteiger partial charge is 0.478 e. The molecule has 0 radical (unpaired) electrons. The molecule has 122 valence electrons. The van der Waals surface area contributed by atoms with Crippen molar-refractivity contribution in [3.8, 4) is 11.1 Å². The number of carboxylic acids is 1. The molecule has 7 heteroatoms. The van der Waals surface area contributed by atoms with Crippen LogP contribution in [-0.2, 0) is 5.66 Å². The van der Waals surface area contributed by atoms with Crippen LogP contribution >= 0.6 is 0 Å². The Morgan fingerprint density at radius 1 is 1.17 bits per heavy atom. The summed E-state index contributed by atoms with van der Waals surface area (Å²) in [4.78, 5) is 11.5. The van der Waals surface area contributed by atoms with E-state index in [4.69, 9.17) is 0 Å². The number of benzene rings is 2. The van der Waals surface area contributed by atoms with Gasteiger partial charge >= 0.3 is 5.97 Å². The summed E-state index contributed by atoms with van der Waals surface area (Å²) in [5, 5.41) is 24.6. The maximum Gasteiger partial charge on any atom is 0.335 e. The van der Waals surface area contributed by atoms with Crippen molar-refractivity contribution in [1.82, 2.24) is 0 Å². The van der Waals surface area contributed by atoms with Crippen LogP contribution in [0.2, 0.25) is 0 Å². The summed E-state index contributed by atoms with van der Waals surface area (Å²) in [5.74, 6) is -1.52. The van der Waals surface area contributed by atoms with Crippen LogP contribution in [0.1, 0.15) is 34.8 Å². The Labute approximate surface area is 137 Å². The van der Waals surface area contributed by atoms with Crippen LogP contribution in [0.25, 0.3) is 11.1 Å². The molecule has 0 atom stereocenters. The van der Waals surface area contributed by atoms with Gasteiger partial charge in [-0.1, -0.05) is 19.1 Å². The molecule has 1 N–H and O–H groups in total. The smallest absolute Gasteiger partial charge is 0.335 e. The molecule has 1 aliphatic rings. The molecular formula is C17H15FN4O2. The Bertz CT molecular complexity index is 865. The van der Waals surface area contributed by atoms with E-state index in [9.17, 15) is 14.3 Å². The lowest BCUT2D eigenvalue weighted by Gasteiger charge is -2.20. The summed E-state index contributed by atoms with van der Waals surface area (Å²) in [6.07, 6.45) is 0.457. The zero-order valence-electron chi connectivity index (χ0n) is 13.2. The van der Waals surface area contributed by atoms with Crippen LogP contribution in [0.5, 0.6) is 0 Å². The van der Waals surface area contributed by atoms with Gasteiger partial charge in [0, 0.05) is 11.1 Å². The van der Waals surface area contributed by atoms with Crippen molar-refractivity contribution in [2.75, 3.05) is 0 Å². The topological polar surface area (TPSA) is 86.7 Å². The predicted molar refractivity (Wildman–Crippen MR) is 85.2 cm³/mol. The maximum absolute atomic E-state index is 14.3.